The second-order valence-electron chi connectivity index (χ2n) is 7.37. The Kier molecular flexibility index (Phi) is 7.38. The van der Waals surface area contributed by atoms with Crippen LogP contribution in [0, 0.1) is 11.3 Å². The molecule has 0 amide bonds. The fourth-order valence-corrected chi connectivity index (χ4v) is 3.38. The molecule has 0 N–H and O–H groups in total. The van der Waals surface area contributed by atoms with E-state index in [0.29, 0.717) is 5.56 Å². The minimum atomic E-state index is 0.673. The molecular formula is C26H28N2. The minimum absolute atomic E-state index is 0.673. The molecule has 0 bridgehead atoms. The first-order valence-electron chi connectivity index (χ1n) is 10.3. The molecule has 2 nitrogen and oxygen atoms in total. The molecule has 0 unspecified atom stereocenters. The SMILES string of the molecule is CCCCCCc1ccc(CCc2ccc(-c3ccc(C#N)cc3)nc2)cc1. The van der Waals surface area contributed by atoms with Crippen LogP contribution in [0.5, 0.6) is 0 Å². The van der Waals surface area contributed by atoms with Gasteiger partial charge in [0.2, 0.25) is 0 Å². The molecule has 0 aliphatic carbocycles. The van der Waals surface area contributed by atoms with Gasteiger partial charge < -0.3 is 0 Å². The minimum Gasteiger partial charge on any atom is -0.256 e. The Morgan fingerprint density at radius 1 is 0.714 bits per heavy atom. The molecule has 0 aliphatic heterocycles. The van der Waals surface area contributed by atoms with Crippen molar-refractivity contribution in [2.45, 2.75) is 51.9 Å². The molecule has 2 aromatic carbocycles. The molecular weight excluding hydrogens is 340 g/mol. The van der Waals surface area contributed by atoms with Crippen molar-refractivity contribution in [2.75, 3.05) is 0 Å². The van der Waals surface area contributed by atoms with Crippen LogP contribution in [0.1, 0.15) is 54.9 Å². The van der Waals surface area contributed by atoms with Crippen molar-refractivity contribution in [1.29, 1.82) is 5.26 Å². The lowest BCUT2D eigenvalue weighted by atomic mass is 10.0. The molecule has 0 aliphatic rings. The number of hydrogen-bond donors (Lipinski definition) is 0. The first kappa shape index (κ1) is 19.8. The maximum atomic E-state index is 8.90. The van der Waals surface area contributed by atoms with Crippen molar-refractivity contribution < 1.29 is 0 Å². The molecule has 3 rings (SSSR count). The topological polar surface area (TPSA) is 36.7 Å². The number of nitrogens with zero attached hydrogens (tertiary/aromatic N) is 2. The van der Waals surface area contributed by atoms with Gasteiger partial charge in [-0.1, -0.05) is 68.7 Å². The van der Waals surface area contributed by atoms with Crippen LogP contribution in [0.3, 0.4) is 0 Å². The Balaban J connectivity index is 1.51. The van der Waals surface area contributed by atoms with E-state index in [-0.39, 0.29) is 0 Å². The zero-order valence-electron chi connectivity index (χ0n) is 16.7. The number of nitriles is 1. The first-order chi connectivity index (χ1) is 13.8. The summed E-state index contributed by atoms with van der Waals surface area (Å²) in [5.41, 5.74) is 6.75. The van der Waals surface area contributed by atoms with Gasteiger partial charge in [0.25, 0.3) is 0 Å². The number of hydrogen-bond acceptors (Lipinski definition) is 2. The third kappa shape index (κ3) is 5.79. The van der Waals surface area contributed by atoms with Gasteiger partial charge in [-0.05, 0) is 60.6 Å². The molecule has 0 saturated heterocycles. The van der Waals surface area contributed by atoms with E-state index in [2.05, 4.69) is 54.4 Å². The van der Waals surface area contributed by atoms with Gasteiger partial charge in [-0.3, -0.25) is 4.98 Å². The number of rotatable bonds is 9. The van der Waals surface area contributed by atoms with Gasteiger partial charge in [0.05, 0.1) is 17.3 Å². The van der Waals surface area contributed by atoms with E-state index in [4.69, 9.17) is 5.26 Å². The van der Waals surface area contributed by atoms with Crippen molar-refractivity contribution in [3.05, 3.63) is 89.1 Å². The van der Waals surface area contributed by atoms with E-state index in [0.717, 1.165) is 24.1 Å². The fourth-order valence-electron chi connectivity index (χ4n) is 3.38. The van der Waals surface area contributed by atoms with Crippen molar-refractivity contribution in [1.82, 2.24) is 4.98 Å². The summed E-state index contributed by atoms with van der Waals surface area (Å²) in [7, 11) is 0. The highest BCUT2D eigenvalue weighted by atomic mass is 14.7. The van der Waals surface area contributed by atoms with Gasteiger partial charge in [-0.25, -0.2) is 0 Å². The summed E-state index contributed by atoms with van der Waals surface area (Å²) in [6.45, 7) is 2.25. The molecule has 2 heteroatoms. The highest BCUT2D eigenvalue weighted by molar-refractivity contribution is 5.60. The lowest BCUT2D eigenvalue weighted by Crippen LogP contribution is -1.94. The highest BCUT2D eigenvalue weighted by Gasteiger charge is 2.02. The first-order valence-corrected chi connectivity index (χ1v) is 10.3. The van der Waals surface area contributed by atoms with Gasteiger partial charge in [0.1, 0.15) is 0 Å². The summed E-state index contributed by atoms with van der Waals surface area (Å²) in [4.78, 5) is 4.60. The number of aromatic nitrogens is 1. The summed E-state index contributed by atoms with van der Waals surface area (Å²) >= 11 is 0. The molecule has 0 fully saturated rings. The Hall–Kier alpha value is -2.92. The molecule has 28 heavy (non-hydrogen) atoms. The summed E-state index contributed by atoms with van der Waals surface area (Å²) in [6, 6.07) is 23.0. The maximum absolute atomic E-state index is 8.90. The zero-order chi connectivity index (χ0) is 19.6. The third-order valence-corrected chi connectivity index (χ3v) is 5.18. The Morgan fingerprint density at radius 3 is 1.96 bits per heavy atom. The lowest BCUT2D eigenvalue weighted by Gasteiger charge is -2.06. The van der Waals surface area contributed by atoms with Crippen LogP contribution in [0.15, 0.2) is 66.9 Å². The van der Waals surface area contributed by atoms with Crippen LogP contribution in [-0.2, 0) is 19.3 Å². The van der Waals surface area contributed by atoms with Crippen LogP contribution in [0.2, 0.25) is 0 Å². The number of unbranched alkanes of at least 4 members (excludes halogenated alkanes) is 3. The summed E-state index contributed by atoms with van der Waals surface area (Å²) in [5, 5.41) is 8.90. The van der Waals surface area contributed by atoms with E-state index >= 15 is 0 Å². The van der Waals surface area contributed by atoms with Gasteiger partial charge in [0.15, 0.2) is 0 Å². The van der Waals surface area contributed by atoms with Gasteiger partial charge >= 0.3 is 0 Å². The maximum Gasteiger partial charge on any atom is 0.0991 e. The predicted molar refractivity (Wildman–Crippen MR) is 116 cm³/mol. The van der Waals surface area contributed by atoms with Gasteiger partial charge in [-0.15, -0.1) is 0 Å². The zero-order valence-corrected chi connectivity index (χ0v) is 16.7. The van der Waals surface area contributed by atoms with Crippen LogP contribution in [0.25, 0.3) is 11.3 Å². The molecule has 0 radical (unpaired) electrons. The van der Waals surface area contributed by atoms with E-state index in [1.807, 2.05) is 30.5 Å². The molecule has 1 aromatic heterocycles. The summed E-state index contributed by atoms with van der Waals surface area (Å²) in [6.07, 6.45) is 10.5. The Labute approximate surface area is 168 Å². The second kappa shape index (κ2) is 10.4. The largest absolute Gasteiger partial charge is 0.256 e. The quantitative estimate of drug-likeness (QED) is 0.403. The summed E-state index contributed by atoms with van der Waals surface area (Å²) < 4.78 is 0. The Bertz CT molecular complexity index is 885. The average molecular weight is 369 g/mol. The molecule has 142 valence electrons. The van der Waals surface area contributed by atoms with Crippen molar-refractivity contribution in [3.63, 3.8) is 0 Å². The molecule has 3 aromatic rings. The van der Waals surface area contributed by atoms with Crippen LogP contribution < -0.4 is 0 Å². The third-order valence-electron chi connectivity index (χ3n) is 5.18. The predicted octanol–water partition coefficient (Wildman–Crippen LogP) is 6.53. The molecule has 0 spiro atoms. The number of aryl methyl sites for hydroxylation is 3. The molecule has 0 atom stereocenters. The van der Waals surface area contributed by atoms with Crippen molar-refractivity contribution in [2.24, 2.45) is 0 Å². The van der Waals surface area contributed by atoms with E-state index < -0.39 is 0 Å². The van der Waals surface area contributed by atoms with Gasteiger partial charge in [-0.2, -0.15) is 5.26 Å². The van der Waals surface area contributed by atoms with Gasteiger partial charge in [0, 0.05) is 11.8 Å². The van der Waals surface area contributed by atoms with Crippen LogP contribution in [-0.4, -0.2) is 4.98 Å². The smallest absolute Gasteiger partial charge is 0.0991 e. The number of benzene rings is 2. The molecule has 0 saturated carbocycles. The fraction of sp³-hybridized carbons (Fsp3) is 0.308. The van der Waals surface area contributed by atoms with E-state index in [1.165, 1.54) is 48.8 Å². The van der Waals surface area contributed by atoms with Crippen LogP contribution in [0.4, 0.5) is 0 Å². The second-order valence-corrected chi connectivity index (χ2v) is 7.37. The van der Waals surface area contributed by atoms with Crippen molar-refractivity contribution in [3.8, 4) is 17.3 Å². The van der Waals surface area contributed by atoms with E-state index in [1.54, 1.807) is 0 Å². The monoisotopic (exact) mass is 368 g/mol. The standard InChI is InChI=1S/C26H28N2/c1-2-3-4-5-6-21-7-9-22(10-8-21)11-12-24-15-18-26(28-20-24)25-16-13-23(19-27)14-17-25/h7-10,13-18,20H,2-6,11-12H2,1H3. The van der Waals surface area contributed by atoms with Crippen LogP contribution >= 0.6 is 0 Å². The molecule has 1 heterocycles. The summed E-state index contributed by atoms with van der Waals surface area (Å²) in [5.74, 6) is 0. The lowest BCUT2D eigenvalue weighted by molar-refractivity contribution is 0.667. The van der Waals surface area contributed by atoms with E-state index in [9.17, 15) is 0 Å². The highest BCUT2D eigenvalue weighted by Crippen LogP contribution is 2.18. The number of pyridine rings is 1. The van der Waals surface area contributed by atoms with Crippen molar-refractivity contribution >= 4 is 0 Å². The Morgan fingerprint density at radius 2 is 1.36 bits per heavy atom. The normalized spacial score (nSPS) is 10.6. The average Bonchev–Trinajstić information content (AvgIpc) is 2.76.